The standard InChI is InChI=1S/C22H20Br2N2/c1-25-19-7-4-15(23)9-14(19)11-22(25)13-3-6-20-17(10-13)18-12-16(24)5-8-21(18)26(20)2/h4-5,7-9,11-13H,3,6,10H2,1-2H3. The van der Waals surface area contributed by atoms with Crippen molar-refractivity contribution >= 4 is 53.7 Å². The van der Waals surface area contributed by atoms with E-state index < -0.39 is 0 Å². The second-order valence-electron chi connectivity index (χ2n) is 7.42. The summed E-state index contributed by atoms with van der Waals surface area (Å²) in [4.78, 5) is 0. The first kappa shape index (κ1) is 16.6. The van der Waals surface area contributed by atoms with Crippen LogP contribution in [0.5, 0.6) is 0 Å². The van der Waals surface area contributed by atoms with Crippen LogP contribution >= 0.6 is 31.9 Å². The lowest BCUT2D eigenvalue weighted by atomic mass is 9.84. The summed E-state index contributed by atoms with van der Waals surface area (Å²) in [6, 6.07) is 15.6. The number of benzene rings is 2. The molecule has 4 aromatic rings. The van der Waals surface area contributed by atoms with Crippen molar-refractivity contribution in [2.45, 2.75) is 25.2 Å². The predicted molar refractivity (Wildman–Crippen MR) is 116 cm³/mol. The molecule has 1 unspecified atom stereocenters. The smallest absolute Gasteiger partial charge is 0.0483 e. The minimum absolute atomic E-state index is 0.572. The number of fused-ring (bicyclic) bond motifs is 4. The summed E-state index contributed by atoms with van der Waals surface area (Å²) in [5.74, 6) is 0.572. The van der Waals surface area contributed by atoms with Crippen molar-refractivity contribution in [2.24, 2.45) is 14.1 Å². The van der Waals surface area contributed by atoms with E-state index in [4.69, 9.17) is 0 Å². The molecular weight excluding hydrogens is 452 g/mol. The van der Waals surface area contributed by atoms with Gasteiger partial charge in [-0.15, -0.1) is 0 Å². The SMILES string of the molecule is Cn1c(C2CCc3c(c4cc(Br)ccc4n3C)C2)cc2cc(Br)ccc21. The summed E-state index contributed by atoms with van der Waals surface area (Å²) in [6.07, 6.45) is 3.48. The molecule has 2 heterocycles. The highest BCUT2D eigenvalue weighted by Crippen LogP contribution is 2.40. The summed E-state index contributed by atoms with van der Waals surface area (Å²) >= 11 is 7.26. The zero-order valence-electron chi connectivity index (χ0n) is 14.9. The molecule has 2 nitrogen and oxygen atoms in total. The number of halogens is 2. The van der Waals surface area contributed by atoms with Crippen LogP contribution in [0.15, 0.2) is 51.4 Å². The van der Waals surface area contributed by atoms with Crippen LogP contribution in [0.3, 0.4) is 0 Å². The molecule has 0 N–H and O–H groups in total. The molecule has 2 aromatic carbocycles. The highest BCUT2D eigenvalue weighted by Gasteiger charge is 2.27. The van der Waals surface area contributed by atoms with Crippen LogP contribution < -0.4 is 0 Å². The molecular formula is C22H20Br2N2. The van der Waals surface area contributed by atoms with E-state index in [1.807, 2.05) is 0 Å². The minimum Gasteiger partial charge on any atom is -0.347 e. The van der Waals surface area contributed by atoms with Crippen molar-refractivity contribution in [2.75, 3.05) is 0 Å². The van der Waals surface area contributed by atoms with Crippen LogP contribution in [0.2, 0.25) is 0 Å². The summed E-state index contributed by atoms with van der Waals surface area (Å²) in [7, 11) is 4.42. The van der Waals surface area contributed by atoms with Gasteiger partial charge in [0.05, 0.1) is 0 Å². The first-order chi connectivity index (χ1) is 12.5. The maximum Gasteiger partial charge on any atom is 0.0483 e. The molecule has 0 spiro atoms. The molecule has 1 atom stereocenters. The van der Waals surface area contributed by atoms with Crippen molar-refractivity contribution in [3.8, 4) is 0 Å². The second kappa shape index (κ2) is 6.00. The Hall–Kier alpha value is -1.52. The van der Waals surface area contributed by atoms with Gasteiger partial charge in [0.15, 0.2) is 0 Å². The van der Waals surface area contributed by atoms with Gasteiger partial charge in [-0.2, -0.15) is 0 Å². The number of rotatable bonds is 1. The van der Waals surface area contributed by atoms with Gasteiger partial charge in [-0.3, -0.25) is 0 Å². The molecule has 0 aliphatic heterocycles. The molecule has 0 radical (unpaired) electrons. The summed E-state index contributed by atoms with van der Waals surface area (Å²) in [6.45, 7) is 0. The van der Waals surface area contributed by atoms with Crippen LogP contribution in [-0.2, 0) is 26.9 Å². The van der Waals surface area contributed by atoms with Gasteiger partial charge in [0.2, 0.25) is 0 Å². The third-order valence-electron chi connectivity index (χ3n) is 6.04. The average molecular weight is 472 g/mol. The molecule has 5 rings (SSSR count). The van der Waals surface area contributed by atoms with Crippen LogP contribution in [0.25, 0.3) is 21.8 Å². The first-order valence-corrected chi connectivity index (χ1v) is 10.6. The fourth-order valence-corrected chi connectivity index (χ4v) is 5.48. The van der Waals surface area contributed by atoms with E-state index in [1.165, 1.54) is 45.2 Å². The number of hydrogen-bond donors (Lipinski definition) is 0. The molecule has 0 saturated heterocycles. The molecule has 0 bridgehead atoms. The van der Waals surface area contributed by atoms with Crippen molar-refractivity contribution in [1.29, 1.82) is 0 Å². The number of hydrogen-bond acceptors (Lipinski definition) is 0. The number of aromatic nitrogens is 2. The largest absolute Gasteiger partial charge is 0.347 e. The molecule has 0 saturated carbocycles. The zero-order chi connectivity index (χ0) is 18.0. The maximum absolute atomic E-state index is 3.65. The zero-order valence-corrected chi connectivity index (χ0v) is 18.1. The summed E-state index contributed by atoms with van der Waals surface area (Å²) in [5, 5.41) is 2.73. The highest BCUT2D eigenvalue weighted by atomic mass is 79.9. The van der Waals surface area contributed by atoms with E-state index in [0.29, 0.717) is 5.92 Å². The van der Waals surface area contributed by atoms with Gasteiger partial charge in [-0.25, -0.2) is 0 Å². The van der Waals surface area contributed by atoms with Crippen molar-refractivity contribution < 1.29 is 0 Å². The van der Waals surface area contributed by atoms with Gasteiger partial charge in [0.25, 0.3) is 0 Å². The molecule has 4 heteroatoms. The molecule has 0 fully saturated rings. The Labute approximate surface area is 170 Å². The maximum atomic E-state index is 3.65. The Balaban J connectivity index is 1.63. The normalized spacial score (nSPS) is 17.2. The Morgan fingerprint density at radius 1 is 0.885 bits per heavy atom. The predicted octanol–water partition coefficient (Wildman–Crippen LogP) is 6.47. The van der Waals surface area contributed by atoms with Crippen molar-refractivity contribution in [3.05, 3.63) is 68.4 Å². The van der Waals surface area contributed by atoms with Gasteiger partial charge in [0, 0.05) is 62.2 Å². The number of aryl methyl sites for hydroxylation is 2. The van der Waals surface area contributed by atoms with Crippen molar-refractivity contribution in [3.63, 3.8) is 0 Å². The Bertz CT molecular complexity index is 1170. The third-order valence-corrected chi connectivity index (χ3v) is 7.02. The molecule has 1 aliphatic carbocycles. The van der Waals surface area contributed by atoms with Crippen LogP contribution in [0.4, 0.5) is 0 Å². The lowest BCUT2D eigenvalue weighted by Gasteiger charge is -2.24. The lowest BCUT2D eigenvalue weighted by Crippen LogP contribution is -2.16. The Kier molecular flexibility index (Phi) is 3.84. The first-order valence-electron chi connectivity index (χ1n) is 9.03. The second-order valence-corrected chi connectivity index (χ2v) is 9.25. The third kappa shape index (κ3) is 2.42. The van der Waals surface area contributed by atoms with Gasteiger partial charge in [-0.1, -0.05) is 31.9 Å². The molecule has 26 heavy (non-hydrogen) atoms. The van der Waals surface area contributed by atoms with Crippen LogP contribution in [-0.4, -0.2) is 9.13 Å². The lowest BCUT2D eigenvalue weighted by molar-refractivity contribution is 0.544. The Morgan fingerprint density at radius 3 is 2.42 bits per heavy atom. The monoisotopic (exact) mass is 470 g/mol. The topological polar surface area (TPSA) is 9.86 Å². The van der Waals surface area contributed by atoms with E-state index >= 15 is 0 Å². The summed E-state index contributed by atoms with van der Waals surface area (Å²) < 4.78 is 7.09. The van der Waals surface area contributed by atoms with Gasteiger partial charge < -0.3 is 9.13 Å². The molecule has 132 valence electrons. The van der Waals surface area contributed by atoms with E-state index in [9.17, 15) is 0 Å². The van der Waals surface area contributed by atoms with Crippen LogP contribution in [0, 0.1) is 0 Å². The van der Waals surface area contributed by atoms with E-state index in [-0.39, 0.29) is 0 Å². The summed E-state index contributed by atoms with van der Waals surface area (Å²) in [5.41, 5.74) is 7.16. The minimum atomic E-state index is 0.572. The highest BCUT2D eigenvalue weighted by molar-refractivity contribution is 9.10. The van der Waals surface area contributed by atoms with E-state index in [2.05, 4.69) is 97.6 Å². The number of nitrogens with zero attached hydrogens (tertiary/aromatic N) is 2. The Morgan fingerprint density at radius 2 is 1.62 bits per heavy atom. The molecule has 2 aromatic heterocycles. The quantitative estimate of drug-likeness (QED) is 0.301. The van der Waals surface area contributed by atoms with E-state index in [0.717, 1.165) is 21.8 Å². The van der Waals surface area contributed by atoms with Gasteiger partial charge in [-0.05, 0) is 67.3 Å². The molecule has 1 aliphatic rings. The van der Waals surface area contributed by atoms with Crippen LogP contribution in [0.1, 0.15) is 29.3 Å². The average Bonchev–Trinajstić information content (AvgIpc) is 3.09. The fourth-order valence-electron chi connectivity index (χ4n) is 4.74. The van der Waals surface area contributed by atoms with Crippen molar-refractivity contribution in [1.82, 2.24) is 9.13 Å². The fraction of sp³-hybridized carbons (Fsp3) is 0.273. The van der Waals surface area contributed by atoms with Gasteiger partial charge in [0.1, 0.15) is 0 Å². The molecule has 0 amide bonds. The van der Waals surface area contributed by atoms with E-state index in [1.54, 1.807) is 0 Å². The van der Waals surface area contributed by atoms with Gasteiger partial charge >= 0.3 is 0 Å².